The summed E-state index contributed by atoms with van der Waals surface area (Å²) in [5.41, 5.74) is 7.55. The van der Waals surface area contributed by atoms with E-state index in [1.54, 1.807) is 33.9 Å². The van der Waals surface area contributed by atoms with Gasteiger partial charge in [0.2, 0.25) is 17.7 Å². The Kier molecular flexibility index (Phi) is 11.5. The van der Waals surface area contributed by atoms with Crippen molar-refractivity contribution in [2.24, 2.45) is 12.8 Å². The largest absolute Gasteiger partial charge is 0.490 e. The SMILES string of the molecule is Cn1c(=O)n(C2CCC(=O)NC2=O)c2ccc(CCC/C=C/c3cccc(OC[C@H](CCC(N)=O)NC(=O)OC(C)(C)C)c3Cl)cc21. The zero-order valence-corrected chi connectivity index (χ0v) is 27.9. The summed E-state index contributed by atoms with van der Waals surface area (Å²) in [7, 11) is 1.68. The van der Waals surface area contributed by atoms with Crippen molar-refractivity contribution in [3.05, 3.63) is 69.1 Å². The van der Waals surface area contributed by atoms with Crippen LogP contribution < -0.4 is 26.8 Å². The second kappa shape index (κ2) is 15.3. The fourth-order valence-corrected chi connectivity index (χ4v) is 5.62. The van der Waals surface area contributed by atoms with Gasteiger partial charge >= 0.3 is 11.8 Å². The number of carbonyl (C=O) groups is 4. The van der Waals surface area contributed by atoms with Gasteiger partial charge in [0.05, 0.1) is 22.1 Å². The van der Waals surface area contributed by atoms with Crippen LogP contribution in [0.4, 0.5) is 4.79 Å². The molecule has 4 N–H and O–H groups in total. The van der Waals surface area contributed by atoms with Crippen LogP contribution >= 0.6 is 11.6 Å². The van der Waals surface area contributed by atoms with Crippen LogP contribution in [0.2, 0.25) is 5.02 Å². The number of nitrogens with one attached hydrogen (secondary N) is 2. The fourth-order valence-electron chi connectivity index (χ4n) is 5.37. The number of hydrogen-bond acceptors (Lipinski definition) is 7. The number of carbonyl (C=O) groups excluding carboxylic acids is 4. The van der Waals surface area contributed by atoms with Crippen LogP contribution in [0.15, 0.2) is 47.3 Å². The molecule has 1 aromatic heterocycles. The van der Waals surface area contributed by atoms with Crippen molar-refractivity contribution in [2.75, 3.05) is 6.61 Å². The molecule has 1 fully saturated rings. The number of ether oxygens (including phenoxy) is 2. The van der Waals surface area contributed by atoms with Crippen molar-refractivity contribution in [1.82, 2.24) is 19.8 Å². The summed E-state index contributed by atoms with van der Waals surface area (Å²) in [6.45, 7) is 5.34. The van der Waals surface area contributed by atoms with Crippen LogP contribution in [0.5, 0.6) is 5.75 Å². The predicted octanol–water partition coefficient (Wildman–Crippen LogP) is 4.54. The predicted molar refractivity (Wildman–Crippen MR) is 179 cm³/mol. The molecule has 13 heteroatoms. The van der Waals surface area contributed by atoms with E-state index in [9.17, 15) is 24.0 Å². The van der Waals surface area contributed by atoms with Crippen molar-refractivity contribution in [3.63, 3.8) is 0 Å². The first-order chi connectivity index (χ1) is 22.2. The summed E-state index contributed by atoms with van der Waals surface area (Å²) < 4.78 is 14.3. The minimum absolute atomic E-state index is 0.0618. The highest BCUT2D eigenvalue weighted by molar-refractivity contribution is 6.33. The van der Waals surface area contributed by atoms with Gasteiger partial charge in [-0.25, -0.2) is 9.59 Å². The number of piperidine rings is 1. The van der Waals surface area contributed by atoms with Crippen LogP contribution in [-0.4, -0.2) is 51.2 Å². The monoisotopic (exact) mass is 667 g/mol. The van der Waals surface area contributed by atoms with E-state index in [1.807, 2.05) is 42.5 Å². The van der Waals surface area contributed by atoms with E-state index in [1.165, 1.54) is 9.13 Å². The lowest BCUT2D eigenvalue weighted by molar-refractivity contribution is -0.135. The second-order valence-electron chi connectivity index (χ2n) is 12.6. The molecular weight excluding hydrogens is 626 g/mol. The number of hydrogen-bond donors (Lipinski definition) is 3. The number of nitrogens with two attached hydrogens (primary N) is 1. The molecule has 1 saturated heterocycles. The highest BCUT2D eigenvalue weighted by Crippen LogP contribution is 2.30. The van der Waals surface area contributed by atoms with Gasteiger partial charge in [0.25, 0.3) is 0 Å². The summed E-state index contributed by atoms with van der Waals surface area (Å²) in [5.74, 6) is -0.826. The molecule has 2 heterocycles. The average molecular weight is 668 g/mol. The number of unbranched alkanes of at least 4 members (excludes halogenated alkanes) is 1. The maximum absolute atomic E-state index is 13.0. The van der Waals surface area contributed by atoms with E-state index < -0.39 is 35.6 Å². The zero-order chi connectivity index (χ0) is 34.3. The Morgan fingerprint density at radius 1 is 1.17 bits per heavy atom. The Morgan fingerprint density at radius 2 is 1.94 bits per heavy atom. The number of primary amides is 1. The molecule has 0 spiro atoms. The number of aromatic nitrogens is 2. The maximum Gasteiger partial charge on any atom is 0.407 e. The summed E-state index contributed by atoms with van der Waals surface area (Å²) >= 11 is 6.64. The number of aryl methyl sites for hydroxylation is 2. The molecule has 4 amide bonds. The normalized spacial score (nSPS) is 15.9. The van der Waals surface area contributed by atoms with Crippen LogP contribution in [0.1, 0.15) is 76.5 Å². The number of nitrogens with zero attached hydrogens (tertiary/aromatic N) is 2. The minimum Gasteiger partial charge on any atom is -0.490 e. The number of halogens is 1. The Balaban J connectivity index is 1.34. The van der Waals surface area contributed by atoms with Gasteiger partial charge in [0.1, 0.15) is 24.0 Å². The van der Waals surface area contributed by atoms with Crippen LogP contribution in [0.25, 0.3) is 17.1 Å². The zero-order valence-electron chi connectivity index (χ0n) is 27.1. The van der Waals surface area contributed by atoms with Gasteiger partial charge in [-0.3, -0.25) is 28.8 Å². The molecule has 1 unspecified atom stereocenters. The van der Waals surface area contributed by atoms with Crippen molar-refractivity contribution in [3.8, 4) is 5.75 Å². The quantitative estimate of drug-likeness (QED) is 0.178. The van der Waals surface area contributed by atoms with Gasteiger partial charge in [-0.15, -0.1) is 0 Å². The number of alkyl carbamates (subject to hydrolysis) is 1. The Morgan fingerprint density at radius 3 is 2.64 bits per heavy atom. The first kappa shape index (κ1) is 35.3. The van der Waals surface area contributed by atoms with Gasteiger partial charge < -0.3 is 20.5 Å². The van der Waals surface area contributed by atoms with Gasteiger partial charge in [-0.05, 0) is 82.2 Å². The Bertz CT molecular complexity index is 1740. The molecule has 0 saturated carbocycles. The fraction of sp³-hybridized carbons (Fsp3) is 0.441. The van der Waals surface area contributed by atoms with E-state index in [2.05, 4.69) is 10.6 Å². The molecule has 0 aliphatic carbocycles. The molecule has 12 nitrogen and oxygen atoms in total. The molecule has 0 bridgehead atoms. The topological polar surface area (TPSA) is 164 Å². The number of benzene rings is 2. The van der Waals surface area contributed by atoms with E-state index in [0.717, 1.165) is 35.9 Å². The molecule has 2 aromatic carbocycles. The summed E-state index contributed by atoms with van der Waals surface area (Å²) in [5, 5.41) is 5.48. The van der Waals surface area contributed by atoms with Crippen molar-refractivity contribution < 1.29 is 28.7 Å². The van der Waals surface area contributed by atoms with E-state index in [-0.39, 0.29) is 37.5 Å². The average Bonchev–Trinajstić information content (AvgIpc) is 3.23. The van der Waals surface area contributed by atoms with Crippen LogP contribution in [-0.2, 0) is 32.6 Å². The Labute approximate surface area is 278 Å². The van der Waals surface area contributed by atoms with Gasteiger partial charge in [0.15, 0.2) is 0 Å². The van der Waals surface area contributed by atoms with E-state index >= 15 is 0 Å². The number of rotatable bonds is 13. The molecule has 0 radical (unpaired) electrons. The van der Waals surface area contributed by atoms with Crippen molar-refractivity contribution >= 4 is 52.5 Å². The lowest BCUT2D eigenvalue weighted by Gasteiger charge is -2.24. The molecule has 2 atom stereocenters. The summed E-state index contributed by atoms with van der Waals surface area (Å²) in [6.07, 6.45) is 6.55. The van der Waals surface area contributed by atoms with E-state index in [0.29, 0.717) is 22.7 Å². The number of amides is 4. The Hall–Kier alpha value is -4.58. The highest BCUT2D eigenvalue weighted by Gasteiger charge is 2.31. The smallest absolute Gasteiger partial charge is 0.407 e. The van der Waals surface area contributed by atoms with Crippen LogP contribution in [0.3, 0.4) is 0 Å². The molecule has 4 rings (SSSR count). The third kappa shape index (κ3) is 9.47. The molecule has 3 aromatic rings. The number of fused-ring (bicyclic) bond motifs is 1. The molecule has 1 aliphatic rings. The summed E-state index contributed by atoms with van der Waals surface area (Å²) in [6, 6.07) is 9.97. The molecular formula is C34H42ClN5O7. The van der Waals surface area contributed by atoms with Gasteiger partial charge in [-0.2, -0.15) is 0 Å². The standard InChI is InChI=1S/C34H42ClN5O7/c1-34(2,3)47-32(44)37-23(14-17-28(36)41)20-46-27-12-8-11-22(30(27)35)10-7-5-6-9-21-13-15-24-26(19-21)39(4)33(45)40(24)25-16-18-29(42)38-31(25)43/h7-8,10-13,15,19,23,25H,5-6,9,14,16-18,20H2,1-4H3,(H2,36,41)(H,37,44)(H,38,42,43)/b10-7+/t23-,25?/m0/s1. The van der Waals surface area contributed by atoms with E-state index in [4.69, 9.17) is 26.8 Å². The highest BCUT2D eigenvalue weighted by atomic mass is 35.5. The number of imide groups is 1. The first-order valence-electron chi connectivity index (χ1n) is 15.6. The first-order valence-corrected chi connectivity index (χ1v) is 16.0. The summed E-state index contributed by atoms with van der Waals surface area (Å²) in [4.78, 5) is 60.7. The third-order valence-electron chi connectivity index (χ3n) is 7.70. The number of imidazole rings is 1. The number of allylic oxidation sites excluding steroid dienone is 1. The third-order valence-corrected chi connectivity index (χ3v) is 8.11. The van der Waals surface area contributed by atoms with Crippen molar-refractivity contribution in [1.29, 1.82) is 0 Å². The van der Waals surface area contributed by atoms with Crippen LogP contribution in [0, 0.1) is 0 Å². The van der Waals surface area contributed by atoms with Gasteiger partial charge in [0, 0.05) is 19.9 Å². The lowest BCUT2D eigenvalue weighted by Crippen LogP contribution is -2.44. The molecule has 47 heavy (non-hydrogen) atoms. The maximum atomic E-state index is 13.0. The second-order valence-corrected chi connectivity index (χ2v) is 13.0. The van der Waals surface area contributed by atoms with Gasteiger partial charge in [-0.1, -0.05) is 42.0 Å². The van der Waals surface area contributed by atoms with Crippen molar-refractivity contribution in [2.45, 2.75) is 83.4 Å². The molecule has 252 valence electrons. The lowest BCUT2D eigenvalue weighted by atomic mass is 10.0. The molecule has 1 aliphatic heterocycles. The minimum atomic E-state index is -0.715.